The van der Waals surface area contributed by atoms with Crippen molar-refractivity contribution in [3.8, 4) is 11.4 Å². The van der Waals surface area contributed by atoms with Crippen molar-refractivity contribution < 1.29 is 8.91 Å². The minimum atomic E-state index is -0.298. The van der Waals surface area contributed by atoms with E-state index < -0.39 is 0 Å². The monoisotopic (exact) mass is 235 g/mol. The highest BCUT2D eigenvalue weighted by Gasteiger charge is 2.09. The predicted molar refractivity (Wildman–Crippen MR) is 61.8 cm³/mol. The van der Waals surface area contributed by atoms with E-state index in [1.54, 1.807) is 0 Å². The molecule has 0 aliphatic rings. The first-order chi connectivity index (χ1) is 8.19. The van der Waals surface area contributed by atoms with Crippen molar-refractivity contribution in [2.75, 3.05) is 6.54 Å². The van der Waals surface area contributed by atoms with Crippen LogP contribution >= 0.6 is 0 Å². The zero-order valence-electron chi connectivity index (χ0n) is 9.61. The number of hydrogen-bond donors (Lipinski definition) is 1. The second kappa shape index (κ2) is 5.05. The van der Waals surface area contributed by atoms with Crippen LogP contribution in [0.15, 0.2) is 22.7 Å². The molecule has 0 bridgehead atoms. The fraction of sp³-hybridized carbons (Fsp3) is 0.333. The molecule has 0 radical (unpaired) electrons. The first-order valence-corrected chi connectivity index (χ1v) is 5.49. The van der Waals surface area contributed by atoms with Gasteiger partial charge >= 0.3 is 0 Å². The standard InChI is InChI=1S/C12H14FN3O/c1-8-5-9(7-10(13)6-8)12-15-11(17-16-12)3-2-4-14/h5-7H,2-4,14H2,1H3. The number of benzene rings is 1. The van der Waals surface area contributed by atoms with Crippen LogP contribution in [0.5, 0.6) is 0 Å². The molecule has 0 aliphatic carbocycles. The van der Waals surface area contributed by atoms with Gasteiger partial charge in [0.25, 0.3) is 0 Å². The Morgan fingerprint density at radius 2 is 2.18 bits per heavy atom. The number of aromatic nitrogens is 2. The van der Waals surface area contributed by atoms with Crippen LogP contribution in [-0.4, -0.2) is 16.7 Å². The SMILES string of the molecule is Cc1cc(F)cc(-c2noc(CCCN)n2)c1. The number of nitrogens with two attached hydrogens (primary N) is 1. The molecule has 0 aliphatic heterocycles. The number of rotatable bonds is 4. The smallest absolute Gasteiger partial charge is 0.227 e. The Balaban J connectivity index is 2.24. The van der Waals surface area contributed by atoms with E-state index in [9.17, 15) is 4.39 Å². The molecular weight excluding hydrogens is 221 g/mol. The van der Waals surface area contributed by atoms with Crippen LogP contribution in [0.25, 0.3) is 11.4 Å². The number of aryl methyl sites for hydroxylation is 2. The van der Waals surface area contributed by atoms with Crippen LogP contribution in [-0.2, 0) is 6.42 Å². The Morgan fingerprint density at radius 3 is 2.88 bits per heavy atom. The summed E-state index contributed by atoms with van der Waals surface area (Å²) in [6.45, 7) is 2.40. The summed E-state index contributed by atoms with van der Waals surface area (Å²) in [7, 11) is 0. The summed E-state index contributed by atoms with van der Waals surface area (Å²) < 4.78 is 18.3. The summed E-state index contributed by atoms with van der Waals surface area (Å²) in [5, 5.41) is 3.83. The third-order valence-corrected chi connectivity index (χ3v) is 2.36. The second-order valence-electron chi connectivity index (χ2n) is 3.92. The van der Waals surface area contributed by atoms with Crippen LogP contribution < -0.4 is 5.73 Å². The van der Waals surface area contributed by atoms with Crippen LogP contribution in [0.3, 0.4) is 0 Å². The number of nitrogens with zero attached hydrogens (tertiary/aromatic N) is 2. The van der Waals surface area contributed by atoms with Gasteiger partial charge in [0, 0.05) is 12.0 Å². The van der Waals surface area contributed by atoms with Gasteiger partial charge in [0.15, 0.2) is 0 Å². The molecule has 2 rings (SSSR count). The molecule has 0 amide bonds. The van der Waals surface area contributed by atoms with Crippen LogP contribution in [0.1, 0.15) is 17.9 Å². The highest BCUT2D eigenvalue weighted by molar-refractivity contribution is 5.55. The maximum Gasteiger partial charge on any atom is 0.227 e. The van der Waals surface area contributed by atoms with E-state index in [1.807, 2.05) is 13.0 Å². The molecule has 90 valence electrons. The van der Waals surface area contributed by atoms with E-state index in [0.717, 1.165) is 12.0 Å². The number of halogens is 1. The number of hydrogen-bond acceptors (Lipinski definition) is 4. The maximum absolute atomic E-state index is 13.2. The molecule has 0 fully saturated rings. The van der Waals surface area contributed by atoms with E-state index >= 15 is 0 Å². The molecule has 0 saturated carbocycles. The van der Waals surface area contributed by atoms with Gasteiger partial charge in [-0.15, -0.1) is 0 Å². The van der Waals surface area contributed by atoms with Crippen molar-refractivity contribution in [2.45, 2.75) is 19.8 Å². The summed E-state index contributed by atoms with van der Waals surface area (Å²) in [6.07, 6.45) is 1.45. The summed E-state index contributed by atoms with van der Waals surface area (Å²) in [5.74, 6) is 0.653. The summed E-state index contributed by atoms with van der Waals surface area (Å²) in [6, 6.07) is 4.67. The second-order valence-corrected chi connectivity index (χ2v) is 3.92. The van der Waals surface area contributed by atoms with Gasteiger partial charge in [-0.2, -0.15) is 4.98 Å². The molecule has 4 nitrogen and oxygen atoms in total. The van der Waals surface area contributed by atoms with Crippen LogP contribution in [0.2, 0.25) is 0 Å². The molecule has 1 aromatic carbocycles. The molecule has 0 unspecified atom stereocenters. The van der Waals surface area contributed by atoms with Gasteiger partial charge in [0.2, 0.25) is 11.7 Å². The topological polar surface area (TPSA) is 64.9 Å². The minimum absolute atomic E-state index is 0.298. The fourth-order valence-electron chi connectivity index (χ4n) is 1.59. The van der Waals surface area contributed by atoms with Gasteiger partial charge in [-0.1, -0.05) is 5.16 Å². The average molecular weight is 235 g/mol. The Bertz CT molecular complexity index is 490. The molecule has 5 heteroatoms. The first-order valence-electron chi connectivity index (χ1n) is 5.49. The van der Waals surface area contributed by atoms with Crippen molar-refractivity contribution in [3.05, 3.63) is 35.5 Å². The largest absolute Gasteiger partial charge is 0.339 e. The van der Waals surface area contributed by atoms with Crippen molar-refractivity contribution in [1.29, 1.82) is 0 Å². The lowest BCUT2D eigenvalue weighted by Crippen LogP contribution is -2.00. The van der Waals surface area contributed by atoms with E-state index in [0.29, 0.717) is 30.2 Å². The molecule has 2 aromatic rings. The maximum atomic E-state index is 13.2. The summed E-state index contributed by atoms with van der Waals surface area (Å²) in [4.78, 5) is 4.20. The quantitative estimate of drug-likeness (QED) is 0.881. The lowest BCUT2D eigenvalue weighted by Gasteiger charge is -1.97. The molecule has 17 heavy (non-hydrogen) atoms. The normalized spacial score (nSPS) is 10.8. The molecule has 1 heterocycles. The summed E-state index contributed by atoms with van der Waals surface area (Å²) in [5.41, 5.74) is 6.85. The zero-order chi connectivity index (χ0) is 12.3. The van der Waals surface area contributed by atoms with Crippen LogP contribution in [0, 0.1) is 12.7 Å². The van der Waals surface area contributed by atoms with Gasteiger partial charge in [-0.3, -0.25) is 0 Å². The fourth-order valence-corrected chi connectivity index (χ4v) is 1.59. The first kappa shape index (κ1) is 11.7. The van der Waals surface area contributed by atoms with Gasteiger partial charge in [-0.05, 0) is 43.7 Å². The van der Waals surface area contributed by atoms with Crippen molar-refractivity contribution >= 4 is 0 Å². The van der Waals surface area contributed by atoms with E-state index in [-0.39, 0.29) is 5.82 Å². The Morgan fingerprint density at radius 1 is 1.35 bits per heavy atom. The van der Waals surface area contributed by atoms with Crippen molar-refractivity contribution in [2.24, 2.45) is 5.73 Å². The molecular formula is C12H14FN3O. The lowest BCUT2D eigenvalue weighted by atomic mass is 10.1. The van der Waals surface area contributed by atoms with Crippen LogP contribution in [0.4, 0.5) is 4.39 Å². The Kier molecular flexibility index (Phi) is 3.49. The van der Waals surface area contributed by atoms with Gasteiger partial charge in [0.1, 0.15) is 5.82 Å². The van der Waals surface area contributed by atoms with Crippen molar-refractivity contribution in [1.82, 2.24) is 10.1 Å². The minimum Gasteiger partial charge on any atom is -0.339 e. The molecule has 0 atom stereocenters. The Hall–Kier alpha value is -1.75. The predicted octanol–water partition coefficient (Wildman–Crippen LogP) is 2.08. The third-order valence-electron chi connectivity index (χ3n) is 2.36. The van der Waals surface area contributed by atoms with E-state index in [1.165, 1.54) is 12.1 Å². The summed E-state index contributed by atoms with van der Waals surface area (Å²) >= 11 is 0. The highest BCUT2D eigenvalue weighted by atomic mass is 19.1. The molecule has 0 spiro atoms. The van der Waals surface area contributed by atoms with Crippen molar-refractivity contribution in [3.63, 3.8) is 0 Å². The highest BCUT2D eigenvalue weighted by Crippen LogP contribution is 2.19. The average Bonchev–Trinajstić information content (AvgIpc) is 2.73. The van der Waals surface area contributed by atoms with E-state index in [2.05, 4.69) is 10.1 Å². The van der Waals surface area contributed by atoms with E-state index in [4.69, 9.17) is 10.3 Å². The Labute approximate surface area is 98.6 Å². The third kappa shape index (κ3) is 2.88. The molecule has 1 aromatic heterocycles. The van der Waals surface area contributed by atoms with Gasteiger partial charge in [0.05, 0.1) is 0 Å². The zero-order valence-corrected chi connectivity index (χ0v) is 9.61. The molecule has 0 saturated heterocycles. The lowest BCUT2D eigenvalue weighted by molar-refractivity contribution is 0.376. The van der Waals surface area contributed by atoms with Gasteiger partial charge < -0.3 is 10.3 Å². The molecule has 2 N–H and O–H groups in total. The van der Waals surface area contributed by atoms with Gasteiger partial charge in [-0.25, -0.2) is 4.39 Å².